The van der Waals surface area contributed by atoms with Gasteiger partial charge in [-0.25, -0.2) is 0 Å². The summed E-state index contributed by atoms with van der Waals surface area (Å²) in [6.07, 6.45) is 0. The first-order chi connectivity index (χ1) is 14.1. The lowest BCUT2D eigenvalue weighted by molar-refractivity contribution is -1.02. The third-order valence-electron chi connectivity index (χ3n) is 5.85. The lowest BCUT2D eigenvalue weighted by Gasteiger charge is -2.30. The van der Waals surface area contributed by atoms with Crippen molar-refractivity contribution in [3.8, 4) is 23.0 Å². The smallest absolute Gasteiger partial charge is 0.161 e. The van der Waals surface area contributed by atoms with E-state index in [9.17, 15) is 0 Å². The zero-order valence-electron chi connectivity index (χ0n) is 18.3. The first-order valence-corrected chi connectivity index (χ1v) is 10.2. The van der Waals surface area contributed by atoms with Gasteiger partial charge in [-0.1, -0.05) is 0 Å². The monoisotopic (exact) mass is 402 g/mol. The van der Waals surface area contributed by atoms with E-state index in [4.69, 9.17) is 18.9 Å². The Bertz CT molecular complexity index is 817. The van der Waals surface area contributed by atoms with E-state index in [1.54, 1.807) is 38.2 Å². The summed E-state index contributed by atoms with van der Waals surface area (Å²) in [5.41, 5.74) is 3.88. The summed E-state index contributed by atoms with van der Waals surface area (Å²) in [6.45, 7) is 8.84. The van der Waals surface area contributed by atoms with Crippen LogP contribution in [-0.2, 0) is 13.1 Å². The maximum atomic E-state index is 5.48. The minimum Gasteiger partial charge on any atom is -0.493 e. The van der Waals surface area contributed by atoms with E-state index in [0.29, 0.717) is 0 Å². The zero-order valence-corrected chi connectivity index (χ0v) is 18.3. The van der Waals surface area contributed by atoms with Crippen LogP contribution in [0.2, 0.25) is 0 Å². The van der Waals surface area contributed by atoms with Gasteiger partial charge in [0, 0.05) is 11.1 Å². The minimum atomic E-state index is 0.783. The molecule has 29 heavy (non-hydrogen) atoms. The molecule has 0 aliphatic carbocycles. The lowest BCUT2D eigenvalue weighted by Crippen LogP contribution is -3.27. The lowest BCUT2D eigenvalue weighted by atomic mass is 10.1. The van der Waals surface area contributed by atoms with Gasteiger partial charge < -0.3 is 28.7 Å². The second-order valence-corrected chi connectivity index (χ2v) is 7.68. The second kappa shape index (κ2) is 9.85. The third kappa shape index (κ3) is 5.14. The molecule has 1 saturated heterocycles. The van der Waals surface area contributed by atoms with E-state index in [2.05, 4.69) is 31.2 Å². The number of piperazine rings is 1. The number of ether oxygens (including phenoxy) is 4. The Labute approximate surface area is 173 Å². The van der Waals surface area contributed by atoms with E-state index >= 15 is 0 Å². The Balaban J connectivity index is 1.57. The van der Waals surface area contributed by atoms with E-state index in [0.717, 1.165) is 62.3 Å². The van der Waals surface area contributed by atoms with E-state index in [1.807, 2.05) is 6.07 Å². The molecule has 158 valence electrons. The number of quaternary nitrogens is 2. The zero-order chi connectivity index (χ0) is 20.8. The fourth-order valence-electron chi connectivity index (χ4n) is 4.07. The molecule has 2 aromatic rings. The molecule has 2 N–H and O–H groups in total. The van der Waals surface area contributed by atoms with Gasteiger partial charge in [0.1, 0.15) is 39.3 Å². The number of hydrogen-bond donors (Lipinski definition) is 2. The predicted molar refractivity (Wildman–Crippen MR) is 113 cm³/mol. The topological polar surface area (TPSA) is 45.8 Å². The molecule has 0 amide bonds. The molecule has 0 radical (unpaired) electrons. The molecule has 1 fully saturated rings. The molecule has 0 atom stereocenters. The highest BCUT2D eigenvalue weighted by Gasteiger charge is 2.24. The van der Waals surface area contributed by atoms with Crippen molar-refractivity contribution in [1.82, 2.24) is 0 Å². The van der Waals surface area contributed by atoms with Crippen molar-refractivity contribution in [2.45, 2.75) is 20.0 Å². The molecule has 6 heteroatoms. The highest BCUT2D eigenvalue weighted by molar-refractivity contribution is 5.46. The van der Waals surface area contributed by atoms with Gasteiger partial charge in [0.2, 0.25) is 0 Å². The van der Waals surface area contributed by atoms with Crippen molar-refractivity contribution < 1.29 is 28.7 Å². The van der Waals surface area contributed by atoms with Crippen LogP contribution in [0.4, 0.5) is 0 Å². The van der Waals surface area contributed by atoms with Gasteiger partial charge in [-0.05, 0) is 42.8 Å². The molecule has 1 heterocycles. The van der Waals surface area contributed by atoms with Gasteiger partial charge >= 0.3 is 0 Å². The van der Waals surface area contributed by atoms with E-state index in [1.165, 1.54) is 16.7 Å². The molecule has 3 rings (SSSR count). The van der Waals surface area contributed by atoms with Crippen LogP contribution in [0.25, 0.3) is 0 Å². The Morgan fingerprint density at radius 1 is 0.655 bits per heavy atom. The molecule has 0 saturated carbocycles. The van der Waals surface area contributed by atoms with Crippen LogP contribution in [0.15, 0.2) is 30.3 Å². The molecular formula is C23H34N2O4+2. The van der Waals surface area contributed by atoms with Gasteiger partial charge in [-0.2, -0.15) is 0 Å². The average Bonchev–Trinajstić information content (AvgIpc) is 2.76. The first-order valence-electron chi connectivity index (χ1n) is 10.2. The summed E-state index contributed by atoms with van der Waals surface area (Å²) in [7, 11) is 6.74. The standard InChI is InChI=1S/C23H32N2O4/c1-17-12-21(27-3)23(29-5)14-19(17)16-25-10-8-24(9-11-25)15-18-6-7-20(26-2)22(13-18)28-4/h6-7,12-14H,8-11,15-16H2,1-5H3/p+2. The second-order valence-electron chi connectivity index (χ2n) is 7.68. The molecule has 0 spiro atoms. The summed E-state index contributed by atoms with van der Waals surface area (Å²) in [6, 6.07) is 10.4. The molecule has 0 unspecified atom stereocenters. The quantitative estimate of drug-likeness (QED) is 0.676. The fraction of sp³-hybridized carbons (Fsp3) is 0.478. The van der Waals surface area contributed by atoms with Crippen molar-refractivity contribution in [2.75, 3.05) is 54.6 Å². The van der Waals surface area contributed by atoms with Crippen LogP contribution in [0.1, 0.15) is 16.7 Å². The Morgan fingerprint density at radius 3 is 1.76 bits per heavy atom. The van der Waals surface area contributed by atoms with Crippen LogP contribution in [-0.4, -0.2) is 54.6 Å². The van der Waals surface area contributed by atoms with Crippen LogP contribution in [0.5, 0.6) is 23.0 Å². The molecule has 6 nitrogen and oxygen atoms in total. The van der Waals surface area contributed by atoms with Crippen molar-refractivity contribution in [1.29, 1.82) is 0 Å². The summed E-state index contributed by atoms with van der Waals surface area (Å²) >= 11 is 0. The van der Waals surface area contributed by atoms with Gasteiger partial charge in [0.15, 0.2) is 23.0 Å². The van der Waals surface area contributed by atoms with Gasteiger partial charge in [0.05, 0.1) is 28.4 Å². The summed E-state index contributed by atoms with van der Waals surface area (Å²) < 4.78 is 21.7. The largest absolute Gasteiger partial charge is 0.493 e. The molecule has 1 aliphatic rings. The van der Waals surface area contributed by atoms with Crippen molar-refractivity contribution in [3.05, 3.63) is 47.0 Å². The SMILES string of the molecule is COc1ccc(C[NH+]2CC[NH+](Cc3cc(OC)c(OC)cc3C)CC2)cc1OC. The number of hydrogen-bond acceptors (Lipinski definition) is 4. The first kappa shape index (κ1) is 21.3. The normalized spacial score (nSPS) is 18.9. The molecule has 0 aromatic heterocycles. The van der Waals surface area contributed by atoms with Gasteiger partial charge in [-0.15, -0.1) is 0 Å². The van der Waals surface area contributed by atoms with Crippen molar-refractivity contribution >= 4 is 0 Å². The number of rotatable bonds is 8. The van der Waals surface area contributed by atoms with Crippen LogP contribution in [0.3, 0.4) is 0 Å². The average molecular weight is 403 g/mol. The summed E-state index contributed by atoms with van der Waals surface area (Å²) in [4.78, 5) is 3.24. The van der Waals surface area contributed by atoms with Crippen molar-refractivity contribution in [2.24, 2.45) is 0 Å². The summed E-state index contributed by atoms with van der Waals surface area (Å²) in [5.74, 6) is 3.20. The van der Waals surface area contributed by atoms with Gasteiger partial charge in [-0.3, -0.25) is 0 Å². The Morgan fingerprint density at radius 2 is 1.17 bits per heavy atom. The molecular weight excluding hydrogens is 368 g/mol. The Kier molecular flexibility index (Phi) is 7.23. The predicted octanol–water partition coefficient (Wildman–Crippen LogP) is 0.513. The third-order valence-corrected chi connectivity index (χ3v) is 5.85. The molecule has 1 aliphatic heterocycles. The van der Waals surface area contributed by atoms with Crippen LogP contribution < -0.4 is 28.7 Å². The van der Waals surface area contributed by atoms with Gasteiger partial charge in [0.25, 0.3) is 0 Å². The highest BCUT2D eigenvalue weighted by Crippen LogP contribution is 2.30. The highest BCUT2D eigenvalue weighted by atomic mass is 16.5. The number of benzene rings is 2. The van der Waals surface area contributed by atoms with E-state index in [-0.39, 0.29) is 0 Å². The minimum absolute atomic E-state index is 0.783. The fourth-order valence-corrected chi connectivity index (χ4v) is 4.07. The maximum Gasteiger partial charge on any atom is 0.161 e. The maximum absolute atomic E-state index is 5.48. The number of aryl methyl sites for hydroxylation is 1. The summed E-state index contributed by atoms with van der Waals surface area (Å²) in [5, 5.41) is 0. The Hall–Kier alpha value is -2.44. The molecule has 2 aromatic carbocycles. The molecule has 0 bridgehead atoms. The van der Waals surface area contributed by atoms with E-state index < -0.39 is 0 Å². The van der Waals surface area contributed by atoms with Crippen molar-refractivity contribution in [3.63, 3.8) is 0 Å². The number of nitrogens with one attached hydrogen (secondary N) is 2. The number of methoxy groups -OCH3 is 4. The van der Waals surface area contributed by atoms with Crippen LogP contribution in [0, 0.1) is 6.92 Å². The van der Waals surface area contributed by atoms with Crippen LogP contribution >= 0.6 is 0 Å².